The van der Waals surface area contributed by atoms with Crippen LogP contribution in [0, 0.1) is 5.82 Å². The van der Waals surface area contributed by atoms with Gasteiger partial charge in [-0.1, -0.05) is 35.9 Å². The maximum absolute atomic E-state index is 13.6. The monoisotopic (exact) mass is 434 g/mol. The molecule has 152 valence electrons. The molecule has 2 heterocycles. The first-order valence-electron chi connectivity index (χ1n) is 9.09. The smallest absolute Gasteiger partial charge is 0.262 e. The van der Waals surface area contributed by atoms with Gasteiger partial charge in [0.2, 0.25) is 0 Å². The highest BCUT2D eigenvalue weighted by Gasteiger charge is 2.41. The van der Waals surface area contributed by atoms with E-state index in [1.165, 1.54) is 29.0 Å². The third kappa shape index (κ3) is 4.01. The Morgan fingerprint density at radius 1 is 1.17 bits per heavy atom. The summed E-state index contributed by atoms with van der Waals surface area (Å²) in [5.41, 5.74) is 1.44. The number of halogens is 2. The van der Waals surface area contributed by atoms with Crippen molar-refractivity contribution in [2.45, 2.75) is 17.0 Å². The van der Waals surface area contributed by atoms with Crippen molar-refractivity contribution < 1.29 is 12.8 Å². The first-order valence-corrected chi connectivity index (χ1v) is 10.9. The van der Waals surface area contributed by atoms with Crippen LogP contribution in [0.15, 0.2) is 66.1 Å². The van der Waals surface area contributed by atoms with Gasteiger partial charge in [-0.3, -0.25) is 0 Å². The van der Waals surface area contributed by atoms with E-state index in [1.54, 1.807) is 29.8 Å². The number of rotatable bonds is 5. The van der Waals surface area contributed by atoms with Gasteiger partial charge in [-0.2, -0.15) is 4.31 Å². The molecule has 0 bridgehead atoms. The third-order valence-electron chi connectivity index (χ3n) is 5.05. The number of benzene rings is 2. The van der Waals surface area contributed by atoms with Crippen LogP contribution >= 0.6 is 11.6 Å². The lowest BCUT2D eigenvalue weighted by Gasteiger charge is -2.22. The van der Waals surface area contributed by atoms with Crippen molar-refractivity contribution in [3.8, 4) is 0 Å². The highest BCUT2D eigenvalue weighted by Crippen LogP contribution is 2.36. The molecule has 4 rings (SSSR count). The number of nitrogens with one attached hydrogen (secondary N) is 1. The van der Waals surface area contributed by atoms with E-state index < -0.39 is 10.0 Å². The van der Waals surface area contributed by atoms with Gasteiger partial charge < -0.3 is 9.88 Å². The number of sulfonamides is 1. The van der Waals surface area contributed by atoms with E-state index in [0.717, 1.165) is 5.56 Å². The lowest BCUT2D eigenvalue weighted by Crippen LogP contribution is -2.32. The molecule has 1 aliphatic heterocycles. The molecule has 1 aromatic heterocycles. The predicted octanol–water partition coefficient (Wildman–Crippen LogP) is 3.48. The number of nitrogens with zero attached hydrogens (tertiary/aromatic N) is 3. The van der Waals surface area contributed by atoms with Crippen molar-refractivity contribution in [1.29, 1.82) is 0 Å². The van der Waals surface area contributed by atoms with Crippen molar-refractivity contribution >= 4 is 27.3 Å². The Morgan fingerprint density at radius 2 is 1.97 bits per heavy atom. The Hall–Kier alpha value is -2.42. The molecule has 1 aliphatic rings. The van der Waals surface area contributed by atoms with E-state index in [-0.39, 0.29) is 35.9 Å². The SMILES string of the molecule is Cn1cnc(S(=O)(=O)N2C[C@H](Nc3cccc(F)c3)[C@@H](c3ccccc3Cl)C2)c1. The van der Waals surface area contributed by atoms with Gasteiger partial charge in [-0.05, 0) is 29.8 Å². The van der Waals surface area contributed by atoms with E-state index >= 15 is 0 Å². The van der Waals surface area contributed by atoms with Crippen LogP contribution < -0.4 is 5.32 Å². The minimum absolute atomic E-state index is 0.00399. The van der Waals surface area contributed by atoms with Crippen molar-refractivity contribution in [3.63, 3.8) is 0 Å². The molecule has 0 amide bonds. The van der Waals surface area contributed by atoms with E-state index in [1.807, 2.05) is 18.2 Å². The fourth-order valence-corrected chi connectivity index (χ4v) is 5.38. The van der Waals surface area contributed by atoms with Gasteiger partial charge >= 0.3 is 0 Å². The third-order valence-corrected chi connectivity index (χ3v) is 7.11. The second-order valence-corrected chi connectivity index (χ2v) is 9.38. The molecule has 0 radical (unpaired) electrons. The van der Waals surface area contributed by atoms with E-state index in [4.69, 9.17) is 11.6 Å². The van der Waals surface area contributed by atoms with Gasteiger partial charge in [-0.25, -0.2) is 17.8 Å². The largest absolute Gasteiger partial charge is 0.380 e. The number of anilines is 1. The van der Waals surface area contributed by atoms with Gasteiger partial charge in [0, 0.05) is 49.0 Å². The van der Waals surface area contributed by atoms with E-state index in [0.29, 0.717) is 10.7 Å². The quantitative estimate of drug-likeness (QED) is 0.667. The van der Waals surface area contributed by atoms with Crippen LogP contribution in [0.3, 0.4) is 0 Å². The summed E-state index contributed by atoms with van der Waals surface area (Å²) in [6, 6.07) is 13.2. The van der Waals surface area contributed by atoms with Gasteiger partial charge in [0.05, 0.1) is 6.33 Å². The van der Waals surface area contributed by atoms with Gasteiger partial charge in [0.1, 0.15) is 5.82 Å². The summed E-state index contributed by atoms with van der Waals surface area (Å²) in [6.45, 7) is 0.459. The number of imidazole rings is 1. The molecule has 2 aromatic carbocycles. The Kier molecular flexibility index (Phi) is 5.33. The van der Waals surface area contributed by atoms with Crippen LogP contribution in [-0.4, -0.2) is 41.4 Å². The molecular formula is C20H20ClFN4O2S. The highest BCUT2D eigenvalue weighted by molar-refractivity contribution is 7.89. The molecule has 6 nitrogen and oxygen atoms in total. The molecular weight excluding hydrogens is 415 g/mol. The fraction of sp³-hybridized carbons (Fsp3) is 0.250. The normalized spacial score (nSPS) is 20.1. The summed E-state index contributed by atoms with van der Waals surface area (Å²) >= 11 is 6.41. The maximum Gasteiger partial charge on any atom is 0.262 e. The zero-order chi connectivity index (χ0) is 20.6. The first-order chi connectivity index (χ1) is 13.8. The number of aryl methyl sites for hydroxylation is 1. The van der Waals surface area contributed by atoms with Gasteiger partial charge in [-0.15, -0.1) is 0 Å². The average molecular weight is 435 g/mol. The lowest BCUT2D eigenvalue weighted by molar-refractivity contribution is 0.468. The molecule has 0 unspecified atom stereocenters. The Balaban J connectivity index is 1.68. The number of hydrogen-bond donors (Lipinski definition) is 1. The molecule has 0 saturated carbocycles. The predicted molar refractivity (Wildman–Crippen MR) is 110 cm³/mol. The second kappa shape index (κ2) is 7.78. The number of aromatic nitrogens is 2. The minimum Gasteiger partial charge on any atom is -0.380 e. The van der Waals surface area contributed by atoms with Crippen LogP contribution in [0.1, 0.15) is 11.5 Å². The zero-order valence-corrected chi connectivity index (χ0v) is 17.2. The molecule has 2 atom stereocenters. The second-order valence-electron chi connectivity index (χ2n) is 7.09. The molecule has 0 aliphatic carbocycles. The molecule has 9 heteroatoms. The standard InChI is InChI=1S/C20H20ClFN4O2S/c1-25-12-20(23-13-25)29(27,28)26-10-17(16-7-2-3-8-18(16)21)19(11-26)24-15-6-4-5-14(22)9-15/h2-9,12-13,17,19,24H,10-11H2,1H3/t17-,19+/m1/s1. The van der Waals surface area contributed by atoms with Crippen LogP contribution in [0.25, 0.3) is 0 Å². The van der Waals surface area contributed by atoms with Gasteiger partial charge in [0.25, 0.3) is 10.0 Å². The van der Waals surface area contributed by atoms with Crippen molar-refractivity contribution in [3.05, 3.63) is 77.5 Å². The molecule has 1 N–H and O–H groups in total. The first kappa shape index (κ1) is 19.9. The molecule has 0 spiro atoms. The molecule has 1 saturated heterocycles. The Labute approximate surface area is 174 Å². The lowest BCUT2D eigenvalue weighted by atomic mass is 9.94. The van der Waals surface area contributed by atoms with Crippen LogP contribution in [0.2, 0.25) is 5.02 Å². The molecule has 29 heavy (non-hydrogen) atoms. The van der Waals surface area contributed by atoms with Crippen LogP contribution in [0.5, 0.6) is 0 Å². The number of hydrogen-bond acceptors (Lipinski definition) is 4. The summed E-state index contributed by atoms with van der Waals surface area (Å²) in [6.07, 6.45) is 2.93. The summed E-state index contributed by atoms with van der Waals surface area (Å²) < 4.78 is 42.8. The Morgan fingerprint density at radius 3 is 2.66 bits per heavy atom. The van der Waals surface area contributed by atoms with Crippen molar-refractivity contribution in [1.82, 2.24) is 13.9 Å². The molecule has 1 fully saturated rings. The topological polar surface area (TPSA) is 67.2 Å². The highest BCUT2D eigenvalue weighted by atomic mass is 35.5. The fourth-order valence-electron chi connectivity index (χ4n) is 3.65. The van der Waals surface area contributed by atoms with E-state index in [9.17, 15) is 12.8 Å². The van der Waals surface area contributed by atoms with Gasteiger partial charge in [0.15, 0.2) is 5.03 Å². The van der Waals surface area contributed by atoms with Crippen LogP contribution in [-0.2, 0) is 17.1 Å². The average Bonchev–Trinajstić information content (AvgIpc) is 3.30. The van der Waals surface area contributed by atoms with Crippen molar-refractivity contribution in [2.75, 3.05) is 18.4 Å². The Bertz CT molecular complexity index is 1130. The minimum atomic E-state index is -3.76. The summed E-state index contributed by atoms with van der Waals surface area (Å²) in [4.78, 5) is 4.01. The van der Waals surface area contributed by atoms with Crippen LogP contribution in [0.4, 0.5) is 10.1 Å². The maximum atomic E-state index is 13.6. The summed E-state index contributed by atoms with van der Waals surface area (Å²) in [7, 11) is -2.04. The summed E-state index contributed by atoms with van der Waals surface area (Å²) in [5.74, 6) is -0.564. The van der Waals surface area contributed by atoms with Crippen molar-refractivity contribution in [2.24, 2.45) is 7.05 Å². The van der Waals surface area contributed by atoms with E-state index in [2.05, 4.69) is 10.3 Å². The summed E-state index contributed by atoms with van der Waals surface area (Å²) in [5, 5.41) is 3.86. The molecule has 3 aromatic rings. The zero-order valence-electron chi connectivity index (χ0n) is 15.7.